The van der Waals surface area contributed by atoms with Gasteiger partial charge in [0.1, 0.15) is 17.3 Å². The van der Waals surface area contributed by atoms with Crippen LogP contribution in [0.4, 0.5) is 13.2 Å². The van der Waals surface area contributed by atoms with E-state index in [1.54, 1.807) is 35.2 Å². The molecule has 2 heterocycles. The molecular formula is C17H10BrCl2F3N4. The molecule has 0 saturated carbocycles. The highest BCUT2D eigenvalue weighted by Gasteiger charge is 2.36. The zero-order valence-electron chi connectivity index (χ0n) is 13.3. The van der Waals surface area contributed by atoms with Gasteiger partial charge in [0.2, 0.25) is 6.04 Å². The molecule has 0 fully saturated rings. The van der Waals surface area contributed by atoms with E-state index in [9.17, 15) is 18.4 Å². The Morgan fingerprint density at radius 1 is 1.11 bits per heavy atom. The average molecular weight is 478 g/mol. The smallest absolute Gasteiger partial charge is 0.416 e. The molecule has 10 heteroatoms. The van der Waals surface area contributed by atoms with Gasteiger partial charge in [0.15, 0.2) is 12.4 Å². The zero-order valence-corrected chi connectivity index (χ0v) is 16.4. The molecule has 0 aliphatic heterocycles. The van der Waals surface area contributed by atoms with Crippen LogP contribution in [0.25, 0.3) is 0 Å². The number of nitrogens with one attached hydrogen (secondary N) is 1. The first-order valence-electron chi connectivity index (χ1n) is 7.28. The van der Waals surface area contributed by atoms with Crippen molar-refractivity contribution in [3.05, 3.63) is 81.4 Å². The van der Waals surface area contributed by atoms with Crippen LogP contribution in [0, 0.1) is 11.3 Å². The molecule has 1 atom stereocenters. The number of aromatic amines is 1. The number of aromatic nitrogens is 3. The SMILES string of the molecule is N#Cc1cn[nH]c1C(c1c(Cl)cc(C(F)(F)F)cc1Cl)[n+]1ccccc1.[Br-]. The van der Waals surface area contributed by atoms with Crippen molar-refractivity contribution in [2.45, 2.75) is 12.2 Å². The molecule has 3 aromatic rings. The molecule has 0 bridgehead atoms. The van der Waals surface area contributed by atoms with Crippen LogP contribution in [-0.4, -0.2) is 10.2 Å². The number of halogens is 6. The lowest BCUT2D eigenvalue weighted by Gasteiger charge is -2.17. The van der Waals surface area contributed by atoms with E-state index in [4.69, 9.17) is 23.2 Å². The van der Waals surface area contributed by atoms with E-state index in [1.165, 1.54) is 6.20 Å². The lowest BCUT2D eigenvalue weighted by atomic mass is 9.98. The summed E-state index contributed by atoms with van der Waals surface area (Å²) in [5.74, 6) is 0. The molecule has 1 unspecified atom stereocenters. The fourth-order valence-electron chi connectivity index (χ4n) is 2.63. The topological polar surface area (TPSA) is 56.4 Å². The fraction of sp³-hybridized carbons (Fsp3) is 0.118. The molecular weight excluding hydrogens is 468 g/mol. The summed E-state index contributed by atoms with van der Waals surface area (Å²) in [6.07, 6.45) is 0.138. The molecule has 0 aliphatic rings. The summed E-state index contributed by atoms with van der Waals surface area (Å²) in [7, 11) is 0. The highest BCUT2D eigenvalue weighted by molar-refractivity contribution is 6.36. The van der Waals surface area contributed by atoms with Crippen LogP contribution in [0.2, 0.25) is 10.0 Å². The summed E-state index contributed by atoms with van der Waals surface area (Å²) in [6.45, 7) is 0. The molecule has 0 aliphatic carbocycles. The summed E-state index contributed by atoms with van der Waals surface area (Å²) in [6, 6.07) is 8.14. The van der Waals surface area contributed by atoms with E-state index in [2.05, 4.69) is 10.2 Å². The van der Waals surface area contributed by atoms with Gasteiger partial charge in [-0.2, -0.15) is 28.1 Å². The van der Waals surface area contributed by atoms with Crippen molar-refractivity contribution >= 4 is 23.2 Å². The second-order valence-electron chi connectivity index (χ2n) is 5.39. The van der Waals surface area contributed by atoms with Crippen LogP contribution >= 0.6 is 23.2 Å². The van der Waals surface area contributed by atoms with E-state index in [0.29, 0.717) is 5.69 Å². The molecule has 0 saturated heterocycles. The van der Waals surface area contributed by atoms with Gasteiger partial charge in [-0.25, -0.2) is 0 Å². The number of hydrogen-bond donors (Lipinski definition) is 1. The second kappa shape index (κ2) is 8.30. The van der Waals surface area contributed by atoms with Gasteiger partial charge in [-0.05, 0) is 12.1 Å². The molecule has 0 amide bonds. The van der Waals surface area contributed by atoms with Crippen molar-refractivity contribution < 1.29 is 34.7 Å². The second-order valence-corrected chi connectivity index (χ2v) is 6.20. The molecule has 140 valence electrons. The van der Waals surface area contributed by atoms with Gasteiger partial charge in [-0.15, -0.1) is 0 Å². The van der Waals surface area contributed by atoms with Gasteiger partial charge in [0.05, 0.1) is 27.4 Å². The molecule has 2 aromatic heterocycles. The number of nitriles is 1. The zero-order chi connectivity index (χ0) is 18.9. The van der Waals surface area contributed by atoms with Crippen molar-refractivity contribution in [3.8, 4) is 6.07 Å². The van der Waals surface area contributed by atoms with E-state index < -0.39 is 17.8 Å². The van der Waals surface area contributed by atoms with E-state index in [-0.39, 0.29) is 38.2 Å². The molecule has 1 N–H and O–H groups in total. The summed E-state index contributed by atoms with van der Waals surface area (Å²) in [5, 5.41) is 15.6. The molecule has 4 nitrogen and oxygen atoms in total. The standard InChI is InChI=1S/C17H10Cl2F3N4.BrH/c18-12-6-11(17(20,21)22)7-13(19)14(12)16(26-4-2-1-3-5-26)15-10(8-23)9-24-25-15;/h1-7,9,16H,(H,24,25);1H/q+1;/p-1. The number of rotatable bonds is 3. The minimum atomic E-state index is -4.58. The largest absolute Gasteiger partial charge is 1.00 e. The minimum Gasteiger partial charge on any atom is -1.00 e. The maximum atomic E-state index is 13.0. The quantitative estimate of drug-likeness (QED) is 0.582. The Labute approximate surface area is 172 Å². The van der Waals surface area contributed by atoms with Gasteiger partial charge in [-0.1, -0.05) is 29.3 Å². The Hall–Kier alpha value is -2.08. The van der Waals surface area contributed by atoms with Crippen LogP contribution in [0.15, 0.2) is 48.9 Å². The Bertz CT molecular complexity index is 961. The van der Waals surface area contributed by atoms with Crippen LogP contribution in [0.1, 0.15) is 28.4 Å². The summed E-state index contributed by atoms with van der Waals surface area (Å²) >= 11 is 12.4. The van der Waals surface area contributed by atoms with Gasteiger partial charge in [0.25, 0.3) is 0 Å². The number of H-pyrrole nitrogens is 1. The average Bonchev–Trinajstić information content (AvgIpc) is 3.06. The fourth-order valence-corrected chi connectivity index (χ4v) is 3.32. The van der Waals surface area contributed by atoms with E-state index in [1.807, 2.05) is 6.07 Å². The maximum absolute atomic E-state index is 13.0. The van der Waals surface area contributed by atoms with Gasteiger partial charge >= 0.3 is 6.18 Å². The Morgan fingerprint density at radius 2 is 1.70 bits per heavy atom. The van der Waals surface area contributed by atoms with Crippen LogP contribution in [-0.2, 0) is 6.18 Å². The van der Waals surface area contributed by atoms with Gasteiger partial charge < -0.3 is 17.0 Å². The van der Waals surface area contributed by atoms with E-state index >= 15 is 0 Å². The third-order valence-corrected chi connectivity index (χ3v) is 4.40. The normalized spacial score (nSPS) is 12.1. The Morgan fingerprint density at radius 3 is 2.22 bits per heavy atom. The van der Waals surface area contributed by atoms with Crippen molar-refractivity contribution in [2.75, 3.05) is 0 Å². The third-order valence-electron chi connectivity index (χ3n) is 3.78. The van der Waals surface area contributed by atoms with Crippen LogP contribution in [0.5, 0.6) is 0 Å². The van der Waals surface area contributed by atoms with Gasteiger partial charge in [0, 0.05) is 12.1 Å². The number of nitrogens with zero attached hydrogens (tertiary/aromatic N) is 3. The van der Waals surface area contributed by atoms with E-state index in [0.717, 1.165) is 12.1 Å². The molecule has 27 heavy (non-hydrogen) atoms. The lowest BCUT2D eigenvalue weighted by molar-refractivity contribution is -0.705. The highest BCUT2D eigenvalue weighted by atomic mass is 79.9. The monoisotopic (exact) mass is 476 g/mol. The predicted octanol–water partition coefficient (Wildman–Crippen LogP) is 1.54. The predicted molar refractivity (Wildman–Crippen MR) is 88.6 cm³/mol. The van der Waals surface area contributed by atoms with Crippen LogP contribution in [0.3, 0.4) is 0 Å². The summed E-state index contributed by atoms with van der Waals surface area (Å²) in [5.41, 5.74) is -0.109. The van der Waals surface area contributed by atoms with Crippen molar-refractivity contribution in [2.24, 2.45) is 0 Å². The van der Waals surface area contributed by atoms with Crippen molar-refractivity contribution in [3.63, 3.8) is 0 Å². The van der Waals surface area contributed by atoms with Gasteiger partial charge in [-0.3, -0.25) is 5.10 Å². The summed E-state index contributed by atoms with van der Waals surface area (Å²) in [4.78, 5) is 0. The maximum Gasteiger partial charge on any atom is 0.416 e. The molecule has 0 radical (unpaired) electrons. The van der Waals surface area contributed by atoms with Crippen molar-refractivity contribution in [1.29, 1.82) is 5.26 Å². The first kappa shape index (κ1) is 21.2. The number of hydrogen-bond acceptors (Lipinski definition) is 2. The first-order chi connectivity index (χ1) is 12.3. The van der Waals surface area contributed by atoms with Crippen molar-refractivity contribution in [1.82, 2.24) is 10.2 Å². The number of pyridine rings is 1. The summed E-state index contributed by atoms with van der Waals surface area (Å²) < 4.78 is 40.7. The lowest BCUT2D eigenvalue weighted by Crippen LogP contribution is -3.00. The third kappa shape index (κ3) is 4.26. The minimum absolute atomic E-state index is 0. The number of benzene rings is 1. The Balaban J connectivity index is 0.00000261. The molecule has 0 spiro atoms. The molecule has 3 rings (SSSR count). The van der Waals surface area contributed by atoms with Crippen LogP contribution < -0.4 is 21.5 Å². The molecule has 1 aromatic carbocycles. The first-order valence-corrected chi connectivity index (χ1v) is 8.03. The number of alkyl halides is 3. The Kier molecular flexibility index (Phi) is 6.52. The highest BCUT2D eigenvalue weighted by Crippen LogP contribution is 2.39.